The highest BCUT2D eigenvalue weighted by atomic mass is 32.3. The number of hydrogen-bond donors (Lipinski definition) is 0. The molecule has 3 heterocycles. The molecule has 0 aromatic heterocycles. The van der Waals surface area contributed by atoms with Gasteiger partial charge in [0.2, 0.25) is 0 Å². The van der Waals surface area contributed by atoms with Crippen LogP contribution < -0.4 is 0 Å². The van der Waals surface area contributed by atoms with Crippen LogP contribution in [0.4, 0.5) is 0 Å². The molecule has 0 aliphatic carbocycles. The average Bonchev–Trinajstić information content (AvgIpc) is 1.41. The first-order valence-corrected chi connectivity index (χ1v) is 6.93. The van der Waals surface area contributed by atoms with Gasteiger partial charge in [0.05, 0.1) is 11.9 Å². The third-order valence-electron chi connectivity index (χ3n) is 1.00. The summed E-state index contributed by atoms with van der Waals surface area (Å²) in [6, 6.07) is 0. The molecule has 3 nitrogen and oxygen atoms in total. The first kappa shape index (κ1) is 17.3. The Morgan fingerprint density at radius 2 is 0.857 bits per heavy atom. The van der Waals surface area contributed by atoms with Crippen LogP contribution in [0.25, 0.3) is 0 Å². The zero-order valence-electron chi connectivity index (χ0n) is 6.69. The molecule has 3 aliphatic heterocycles. The van der Waals surface area contributed by atoms with E-state index in [2.05, 4.69) is 14.2 Å². The Labute approximate surface area is 100 Å². The van der Waals surface area contributed by atoms with Gasteiger partial charge in [-0.1, -0.05) is 14.9 Å². The molecule has 0 amide bonds. The van der Waals surface area contributed by atoms with Crippen LogP contribution >= 0.6 is 35.3 Å². The molecule has 0 saturated carbocycles. The summed E-state index contributed by atoms with van der Waals surface area (Å²) in [7, 11) is 0. The Hall–Kier alpha value is 0.930. The Balaban J connectivity index is 0. The van der Waals surface area contributed by atoms with E-state index in [9.17, 15) is 0 Å². The second kappa shape index (κ2) is 13.9. The monoisotopic (exact) mass is 260 g/mol. The molecule has 0 radical (unpaired) electrons. The van der Waals surface area contributed by atoms with E-state index in [0.717, 1.165) is 11.9 Å². The lowest BCUT2D eigenvalue weighted by Crippen LogP contribution is -2.14. The van der Waals surface area contributed by atoms with Crippen molar-refractivity contribution in [3.8, 4) is 0 Å². The lowest BCUT2D eigenvalue weighted by Gasteiger charge is -2.10. The van der Waals surface area contributed by atoms with Gasteiger partial charge in [-0.15, -0.1) is 35.3 Å². The molecule has 0 spiro atoms. The van der Waals surface area contributed by atoms with Gasteiger partial charge < -0.3 is 14.2 Å². The summed E-state index contributed by atoms with van der Waals surface area (Å²) in [5, 5.41) is 2.67. The van der Waals surface area contributed by atoms with Crippen molar-refractivity contribution in [2.45, 2.75) is 14.9 Å². The molecular formula is C8H20O3S3. The predicted octanol–water partition coefficient (Wildman–Crippen LogP) is 3.27. The number of ether oxygens (including phenoxy) is 3. The highest BCUT2D eigenvalue weighted by molar-refractivity contribution is 8.31. The van der Waals surface area contributed by atoms with E-state index in [4.69, 9.17) is 0 Å². The van der Waals surface area contributed by atoms with Gasteiger partial charge in [-0.3, -0.25) is 0 Å². The van der Waals surface area contributed by atoms with Gasteiger partial charge in [0.1, 0.15) is 0 Å². The zero-order valence-corrected chi connectivity index (χ0v) is 9.14. The second-order valence-electron chi connectivity index (χ2n) is 1.93. The number of rotatable bonds is 0. The first-order valence-electron chi connectivity index (χ1n) is 3.46. The van der Waals surface area contributed by atoms with Crippen LogP contribution in [0.3, 0.4) is 0 Å². The van der Waals surface area contributed by atoms with Crippen LogP contribution in [0, 0.1) is 0 Å². The predicted molar refractivity (Wildman–Crippen MR) is 68.7 cm³/mol. The summed E-state index contributed by atoms with van der Waals surface area (Å²) in [5.74, 6) is 1.83. The molecule has 88 valence electrons. The molecule has 14 heavy (non-hydrogen) atoms. The van der Waals surface area contributed by atoms with Gasteiger partial charge >= 0.3 is 0 Å². The minimum absolute atomic E-state index is 0. The van der Waals surface area contributed by atoms with Crippen molar-refractivity contribution in [2.75, 3.05) is 35.6 Å². The fourth-order valence-corrected chi connectivity index (χ4v) is 1.08. The van der Waals surface area contributed by atoms with Crippen molar-refractivity contribution >= 4 is 35.3 Å². The molecule has 0 aromatic carbocycles. The Bertz CT molecular complexity index is 62.8. The van der Waals surface area contributed by atoms with Crippen LogP contribution in [0.2, 0.25) is 0 Å². The minimum Gasteiger partial charge on any atom is -0.360 e. The summed E-state index contributed by atoms with van der Waals surface area (Å²) in [5.41, 5.74) is 0. The fourth-order valence-electron chi connectivity index (χ4n) is 0.250. The molecule has 0 aromatic rings. The molecule has 3 fully saturated rings. The molecule has 0 atom stereocenters. The summed E-state index contributed by atoms with van der Waals surface area (Å²) >= 11 is 5.81. The lowest BCUT2D eigenvalue weighted by molar-refractivity contribution is -0.247. The normalized spacial score (nSPS) is 20.6. The molecule has 3 rings (SSSR count). The van der Waals surface area contributed by atoms with E-state index >= 15 is 0 Å². The summed E-state index contributed by atoms with van der Waals surface area (Å²) < 4.78 is 13.7. The van der Waals surface area contributed by atoms with Gasteiger partial charge in [-0.2, -0.15) is 0 Å². The summed E-state index contributed by atoms with van der Waals surface area (Å²) in [4.78, 5) is 0. The van der Waals surface area contributed by atoms with Crippen LogP contribution in [-0.2, 0) is 14.2 Å². The second-order valence-corrected chi connectivity index (χ2v) is 5.51. The maximum Gasteiger partial charge on any atom is 0.152 e. The van der Waals surface area contributed by atoms with Crippen LogP contribution in [-0.4, -0.2) is 35.6 Å². The third kappa shape index (κ3) is 11.0. The lowest BCUT2D eigenvalue weighted by atomic mass is 11.2. The SMILES string of the molecule is C.C.C1OCO1.C1OCS1.C1SCS1. The van der Waals surface area contributed by atoms with E-state index in [1.54, 1.807) is 0 Å². The number of hydrogen-bond acceptors (Lipinski definition) is 6. The average molecular weight is 260 g/mol. The van der Waals surface area contributed by atoms with E-state index in [-0.39, 0.29) is 14.9 Å². The fraction of sp³-hybridized carbons (Fsp3) is 1.00. The highest BCUT2D eigenvalue weighted by Gasteiger charge is 1.96. The van der Waals surface area contributed by atoms with Crippen LogP contribution in [0.5, 0.6) is 0 Å². The van der Waals surface area contributed by atoms with E-state index in [1.807, 2.05) is 35.3 Å². The molecular weight excluding hydrogens is 240 g/mol. The maximum absolute atomic E-state index is 4.69. The smallest absolute Gasteiger partial charge is 0.152 e. The molecule has 0 bridgehead atoms. The van der Waals surface area contributed by atoms with Gasteiger partial charge in [-0.05, 0) is 0 Å². The van der Waals surface area contributed by atoms with Crippen molar-refractivity contribution in [2.24, 2.45) is 0 Å². The van der Waals surface area contributed by atoms with Crippen LogP contribution in [0.1, 0.15) is 14.9 Å². The van der Waals surface area contributed by atoms with Gasteiger partial charge in [-0.25, -0.2) is 0 Å². The summed E-state index contributed by atoms with van der Waals surface area (Å²) in [6.45, 7) is 1.00. The van der Waals surface area contributed by atoms with E-state index in [1.165, 1.54) is 10.2 Å². The summed E-state index contributed by atoms with van der Waals surface area (Å²) in [6.07, 6.45) is 0. The highest BCUT2D eigenvalue weighted by Crippen LogP contribution is 2.27. The first-order chi connectivity index (χ1) is 6.00. The number of thioether (sulfide) groups is 3. The molecule has 0 unspecified atom stereocenters. The molecule has 3 saturated heterocycles. The van der Waals surface area contributed by atoms with Crippen molar-refractivity contribution < 1.29 is 14.2 Å². The maximum atomic E-state index is 4.69. The Morgan fingerprint density at radius 3 is 0.857 bits per heavy atom. The van der Waals surface area contributed by atoms with Crippen molar-refractivity contribution in [3.05, 3.63) is 0 Å². The standard InChI is InChI=1S/C2H4O2.C2H4OS.C2H4S2.2CH4/c3*1-3-2-4-1;;/h3*1-2H2;2*1H4. The molecule has 0 N–H and O–H groups in total. The van der Waals surface area contributed by atoms with Crippen LogP contribution in [0.15, 0.2) is 0 Å². The third-order valence-corrected chi connectivity index (χ3v) is 4.33. The molecule has 3 aliphatic rings. The molecule has 6 heteroatoms. The van der Waals surface area contributed by atoms with Crippen molar-refractivity contribution in [1.29, 1.82) is 0 Å². The zero-order chi connectivity index (χ0) is 8.49. The largest absolute Gasteiger partial charge is 0.360 e. The van der Waals surface area contributed by atoms with E-state index in [0.29, 0.717) is 13.6 Å². The van der Waals surface area contributed by atoms with Gasteiger partial charge in [0.15, 0.2) is 13.6 Å². The van der Waals surface area contributed by atoms with E-state index < -0.39 is 0 Å². The minimum atomic E-state index is 0. The van der Waals surface area contributed by atoms with Crippen molar-refractivity contribution in [1.82, 2.24) is 0 Å². The quantitative estimate of drug-likeness (QED) is 0.664. The topological polar surface area (TPSA) is 27.7 Å². The van der Waals surface area contributed by atoms with Gasteiger partial charge in [0, 0.05) is 10.2 Å². The van der Waals surface area contributed by atoms with Gasteiger partial charge in [0.25, 0.3) is 0 Å². The Kier molecular flexibility index (Phi) is 17.2. The Morgan fingerprint density at radius 1 is 0.643 bits per heavy atom. The van der Waals surface area contributed by atoms with Crippen molar-refractivity contribution in [3.63, 3.8) is 0 Å².